The number of hydrogen-bond donors (Lipinski definition) is 2. The Labute approximate surface area is 114 Å². The van der Waals surface area contributed by atoms with Crippen LogP contribution in [0.2, 0.25) is 0 Å². The number of rotatable bonds is 2. The zero-order valence-corrected chi connectivity index (χ0v) is 11.5. The van der Waals surface area contributed by atoms with E-state index in [9.17, 15) is 10.2 Å². The molecule has 1 saturated heterocycles. The maximum Gasteiger partial charge on any atom is 0.124 e. The Bertz CT molecular complexity index is 440. The Morgan fingerprint density at radius 3 is 2.53 bits per heavy atom. The maximum absolute atomic E-state index is 10.0. The second-order valence-corrected chi connectivity index (χ2v) is 6.02. The van der Waals surface area contributed by atoms with Gasteiger partial charge in [0.25, 0.3) is 0 Å². The maximum atomic E-state index is 10.0. The molecule has 3 nitrogen and oxygen atoms in total. The number of benzene rings is 1. The summed E-state index contributed by atoms with van der Waals surface area (Å²) < 4.78 is 0. The van der Waals surface area contributed by atoms with Crippen molar-refractivity contribution in [3.05, 3.63) is 23.8 Å². The van der Waals surface area contributed by atoms with Gasteiger partial charge in [0.05, 0.1) is 5.56 Å². The first-order chi connectivity index (χ1) is 9.18. The molecule has 1 aromatic rings. The van der Waals surface area contributed by atoms with Crippen LogP contribution >= 0.6 is 0 Å². The third-order valence-corrected chi connectivity index (χ3v) is 5.03. The molecule has 104 valence electrons. The molecule has 0 aromatic heterocycles. The van der Waals surface area contributed by atoms with Crippen LogP contribution in [0.25, 0.3) is 0 Å². The SMILES string of the molecule is CC(c1c(O)cccc1O)N1CCC2CCCCC21. The number of phenols is 2. The van der Waals surface area contributed by atoms with Gasteiger partial charge >= 0.3 is 0 Å². The Balaban J connectivity index is 1.86. The average Bonchev–Trinajstić information content (AvgIpc) is 2.82. The normalized spacial score (nSPS) is 29.1. The summed E-state index contributed by atoms with van der Waals surface area (Å²) in [6, 6.07) is 5.76. The van der Waals surface area contributed by atoms with Crippen molar-refractivity contribution in [3.63, 3.8) is 0 Å². The molecule has 3 unspecified atom stereocenters. The van der Waals surface area contributed by atoms with Gasteiger partial charge in [-0.25, -0.2) is 0 Å². The van der Waals surface area contributed by atoms with E-state index >= 15 is 0 Å². The highest BCUT2D eigenvalue weighted by molar-refractivity contribution is 5.45. The smallest absolute Gasteiger partial charge is 0.124 e. The van der Waals surface area contributed by atoms with E-state index in [0.717, 1.165) is 12.5 Å². The van der Waals surface area contributed by atoms with Gasteiger partial charge in [0, 0.05) is 12.1 Å². The minimum Gasteiger partial charge on any atom is -0.507 e. The Kier molecular flexibility index (Phi) is 3.40. The topological polar surface area (TPSA) is 43.7 Å². The molecule has 0 radical (unpaired) electrons. The average molecular weight is 261 g/mol. The molecule has 1 heterocycles. The van der Waals surface area contributed by atoms with Gasteiger partial charge < -0.3 is 10.2 Å². The van der Waals surface area contributed by atoms with Crippen molar-refractivity contribution in [1.29, 1.82) is 0 Å². The van der Waals surface area contributed by atoms with Crippen LogP contribution in [-0.4, -0.2) is 27.7 Å². The van der Waals surface area contributed by atoms with Crippen molar-refractivity contribution in [2.45, 2.75) is 51.1 Å². The standard InChI is InChI=1S/C16H23NO2/c1-11(16-14(18)7-4-8-15(16)19)17-10-9-12-5-2-3-6-13(12)17/h4,7-8,11-13,18-19H,2-3,5-6,9-10H2,1H3. The zero-order chi connectivity index (χ0) is 13.4. The molecule has 3 atom stereocenters. The van der Waals surface area contributed by atoms with Crippen molar-refractivity contribution in [1.82, 2.24) is 4.90 Å². The lowest BCUT2D eigenvalue weighted by molar-refractivity contribution is 0.137. The summed E-state index contributed by atoms with van der Waals surface area (Å²) in [7, 11) is 0. The Morgan fingerprint density at radius 1 is 1.11 bits per heavy atom. The van der Waals surface area contributed by atoms with E-state index in [4.69, 9.17) is 0 Å². The number of nitrogens with zero attached hydrogens (tertiary/aromatic N) is 1. The van der Waals surface area contributed by atoms with E-state index < -0.39 is 0 Å². The first-order valence-corrected chi connectivity index (χ1v) is 7.45. The van der Waals surface area contributed by atoms with Gasteiger partial charge in [-0.05, 0) is 50.8 Å². The van der Waals surface area contributed by atoms with E-state index in [2.05, 4.69) is 11.8 Å². The van der Waals surface area contributed by atoms with E-state index in [-0.39, 0.29) is 17.5 Å². The number of likely N-dealkylation sites (tertiary alicyclic amines) is 1. The minimum absolute atomic E-state index is 0.0919. The van der Waals surface area contributed by atoms with Crippen LogP contribution < -0.4 is 0 Å². The van der Waals surface area contributed by atoms with Crippen molar-refractivity contribution in [3.8, 4) is 11.5 Å². The van der Waals surface area contributed by atoms with Gasteiger partial charge in [-0.2, -0.15) is 0 Å². The van der Waals surface area contributed by atoms with Crippen LogP contribution in [0.1, 0.15) is 50.6 Å². The minimum atomic E-state index is 0.0919. The third-order valence-electron chi connectivity index (χ3n) is 5.03. The fraction of sp³-hybridized carbons (Fsp3) is 0.625. The fourth-order valence-corrected chi connectivity index (χ4v) is 4.06. The molecular formula is C16H23NO2. The van der Waals surface area contributed by atoms with Crippen LogP contribution in [0.15, 0.2) is 18.2 Å². The molecule has 2 N–H and O–H groups in total. The predicted molar refractivity (Wildman–Crippen MR) is 75.3 cm³/mol. The summed E-state index contributed by atoms with van der Waals surface area (Å²) in [5.74, 6) is 1.25. The molecule has 1 aliphatic carbocycles. The quantitative estimate of drug-likeness (QED) is 0.857. The largest absolute Gasteiger partial charge is 0.507 e. The monoisotopic (exact) mass is 261 g/mol. The number of phenolic OH excluding ortho intramolecular Hbond substituents is 2. The highest BCUT2D eigenvalue weighted by atomic mass is 16.3. The van der Waals surface area contributed by atoms with Crippen LogP contribution in [0.5, 0.6) is 11.5 Å². The second kappa shape index (κ2) is 5.04. The summed E-state index contributed by atoms with van der Waals surface area (Å²) in [5.41, 5.74) is 0.689. The van der Waals surface area contributed by atoms with Gasteiger partial charge in [-0.1, -0.05) is 18.9 Å². The lowest BCUT2D eigenvalue weighted by Gasteiger charge is -2.36. The summed E-state index contributed by atoms with van der Waals surface area (Å²) in [6.07, 6.45) is 6.57. The van der Waals surface area contributed by atoms with Crippen molar-refractivity contribution >= 4 is 0 Å². The molecule has 1 saturated carbocycles. The molecule has 3 rings (SSSR count). The summed E-state index contributed by atoms with van der Waals surface area (Å²) in [6.45, 7) is 3.19. The summed E-state index contributed by atoms with van der Waals surface area (Å²) in [5, 5.41) is 20.1. The van der Waals surface area contributed by atoms with Gasteiger partial charge in [-0.15, -0.1) is 0 Å². The van der Waals surface area contributed by atoms with Gasteiger partial charge in [0.1, 0.15) is 11.5 Å². The molecule has 3 heteroatoms. The predicted octanol–water partition coefficient (Wildman–Crippen LogP) is 3.42. The zero-order valence-electron chi connectivity index (χ0n) is 11.5. The molecule has 2 aliphatic rings. The van der Waals surface area contributed by atoms with Crippen molar-refractivity contribution in [2.24, 2.45) is 5.92 Å². The van der Waals surface area contributed by atoms with Crippen LogP contribution in [0.4, 0.5) is 0 Å². The summed E-state index contributed by atoms with van der Waals surface area (Å²) >= 11 is 0. The Hall–Kier alpha value is -1.22. The highest BCUT2D eigenvalue weighted by Crippen LogP contribution is 2.43. The van der Waals surface area contributed by atoms with E-state index in [0.29, 0.717) is 11.6 Å². The van der Waals surface area contributed by atoms with Crippen molar-refractivity contribution in [2.75, 3.05) is 6.54 Å². The molecule has 19 heavy (non-hydrogen) atoms. The highest BCUT2D eigenvalue weighted by Gasteiger charge is 2.39. The number of fused-ring (bicyclic) bond motifs is 1. The van der Waals surface area contributed by atoms with Crippen LogP contribution in [0, 0.1) is 5.92 Å². The van der Waals surface area contributed by atoms with Crippen LogP contribution in [0.3, 0.4) is 0 Å². The van der Waals surface area contributed by atoms with Gasteiger partial charge in [-0.3, -0.25) is 4.90 Å². The van der Waals surface area contributed by atoms with Gasteiger partial charge in [0.15, 0.2) is 0 Å². The van der Waals surface area contributed by atoms with E-state index in [1.165, 1.54) is 32.1 Å². The first-order valence-electron chi connectivity index (χ1n) is 7.45. The number of aromatic hydroxyl groups is 2. The second-order valence-electron chi connectivity index (χ2n) is 6.02. The molecule has 1 aliphatic heterocycles. The lowest BCUT2D eigenvalue weighted by Crippen LogP contribution is -2.36. The van der Waals surface area contributed by atoms with Crippen LogP contribution in [-0.2, 0) is 0 Å². The molecule has 0 bridgehead atoms. The molecule has 1 aromatic carbocycles. The molecule has 0 spiro atoms. The van der Waals surface area contributed by atoms with E-state index in [1.807, 2.05) is 0 Å². The van der Waals surface area contributed by atoms with E-state index in [1.54, 1.807) is 18.2 Å². The third kappa shape index (κ3) is 2.20. The molecular weight excluding hydrogens is 238 g/mol. The number of hydrogen-bond acceptors (Lipinski definition) is 3. The first kappa shape index (κ1) is 12.8. The molecule has 0 amide bonds. The Morgan fingerprint density at radius 2 is 1.79 bits per heavy atom. The van der Waals surface area contributed by atoms with Gasteiger partial charge in [0.2, 0.25) is 0 Å². The lowest BCUT2D eigenvalue weighted by atomic mass is 9.84. The van der Waals surface area contributed by atoms with Crippen molar-refractivity contribution < 1.29 is 10.2 Å². The fourth-order valence-electron chi connectivity index (χ4n) is 4.06. The molecule has 2 fully saturated rings. The summed E-state index contributed by atoms with van der Waals surface area (Å²) in [4.78, 5) is 2.48.